The minimum atomic E-state index is 0.563. The quantitative estimate of drug-likeness (QED) is 0.174. The highest BCUT2D eigenvalue weighted by atomic mass is 16.3. The lowest BCUT2D eigenvalue weighted by Gasteiger charge is -2.10. The summed E-state index contributed by atoms with van der Waals surface area (Å²) < 4.78 is 6.72. The Hall–Kier alpha value is -6.91. The molecule has 0 radical (unpaired) electrons. The summed E-state index contributed by atoms with van der Waals surface area (Å²) >= 11 is 0. The molecule has 2 heterocycles. The van der Waals surface area contributed by atoms with Crippen molar-refractivity contribution >= 4 is 43.5 Å². The molecule has 51 heavy (non-hydrogen) atoms. The van der Waals surface area contributed by atoms with Gasteiger partial charge >= 0.3 is 0 Å². The summed E-state index contributed by atoms with van der Waals surface area (Å²) in [7, 11) is 0. The summed E-state index contributed by atoms with van der Waals surface area (Å²) in [5.41, 5.74) is 8.84. The fraction of sp³-hybridized carbons (Fsp3) is 0. The molecule has 0 saturated carbocycles. The average Bonchev–Trinajstić information content (AvgIpc) is 3.61. The van der Waals surface area contributed by atoms with E-state index >= 15 is 0 Å². The van der Waals surface area contributed by atoms with Gasteiger partial charge in [0.2, 0.25) is 0 Å². The monoisotopic (exact) mass is 651 g/mol. The number of furan rings is 1. The first-order valence-corrected chi connectivity index (χ1v) is 17.1. The highest BCUT2D eigenvalue weighted by molar-refractivity contribution is 6.27. The van der Waals surface area contributed by atoms with Gasteiger partial charge in [-0.15, -0.1) is 0 Å². The van der Waals surface area contributed by atoms with Crippen LogP contribution in [0, 0.1) is 0 Å². The van der Waals surface area contributed by atoms with Crippen molar-refractivity contribution in [1.29, 1.82) is 0 Å². The van der Waals surface area contributed by atoms with Crippen LogP contribution in [-0.4, -0.2) is 15.0 Å². The van der Waals surface area contributed by atoms with Gasteiger partial charge in [0.05, 0.1) is 5.56 Å². The third-order valence-electron chi connectivity index (χ3n) is 9.75. The van der Waals surface area contributed by atoms with Crippen LogP contribution in [-0.2, 0) is 0 Å². The summed E-state index contributed by atoms with van der Waals surface area (Å²) in [6.07, 6.45) is 0. The largest absolute Gasteiger partial charge is 0.455 e. The molecule has 0 bridgehead atoms. The first-order chi connectivity index (χ1) is 25.3. The van der Waals surface area contributed by atoms with Gasteiger partial charge in [-0.25, -0.2) is 15.0 Å². The standard InChI is InChI=1S/C47H29N3O/c1-3-10-30(11-4-1)32-18-24-36(25-19-32)45-48-46(37-26-20-33(21-27-37)31-12-5-2-6-13-31)50-47(49-45)40-17-9-16-39-43-41(51-44(39)40)29-28-35-23-22-34-14-7-8-15-38(34)42(35)43/h1-29H. The Morgan fingerprint density at radius 1 is 0.314 bits per heavy atom. The van der Waals surface area contributed by atoms with E-state index in [2.05, 4.69) is 158 Å². The predicted octanol–water partition coefficient (Wildman–Crippen LogP) is 12.4. The van der Waals surface area contributed by atoms with E-state index in [9.17, 15) is 0 Å². The van der Waals surface area contributed by atoms with Crippen molar-refractivity contribution in [3.63, 3.8) is 0 Å². The topological polar surface area (TPSA) is 51.8 Å². The second-order valence-electron chi connectivity index (χ2n) is 12.8. The number of hydrogen-bond donors (Lipinski definition) is 0. The maximum atomic E-state index is 6.72. The van der Waals surface area contributed by atoms with Crippen LogP contribution in [0.4, 0.5) is 0 Å². The summed E-state index contributed by atoms with van der Waals surface area (Å²) in [5, 5.41) is 6.91. The second-order valence-corrected chi connectivity index (χ2v) is 12.8. The zero-order chi connectivity index (χ0) is 33.7. The molecule has 0 amide bonds. The number of rotatable bonds is 5. The fourth-order valence-corrected chi connectivity index (χ4v) is 7.20. The van der Waals surface area contributed by atoms with Crippen molar-refractivity contribution in [1.82, 2.24) is 15.0 Å². The molecule has 0 aliphatic rings. The summed E-state index contributed by atoms with van der Waals surface area (Å²) in [4.78, 5) is 15.3. The van der Waals surface area contributed by atoms with E-state index in [4.69, 9.17) is 19.4 Å². The molecule has 0 saturated heterocycles. The van der Waals surface area contributed by atoms with Gasteiger partial charge in [-0.2, -0.15) is 0 Å². The van der Waals surface area contributed by atoms with Gasteiger partial charge in [-0.1, -0.05) is 164 Å². The lowest BCUT2D eigenvalue weighted by atomic mass is 9.97. The van der Waals surface area contributed by atoms with Crippen molar-refractivity contribution in [3.8, 4) is 56.4 Å². The molecule has 10 rings (SSSR count). The van der Waals surface area contributed by atoms with Crippen LogP contribution < -0.4 is 0 Å². The molecule has 4 nitrogen and oxygen atoms in total. The Balaban J connectivity index is 1.17. The minimum absolute atomic E-state index is 0.563. The molecule has 0 unspecified atom stereocenters. The molecule has 0 aliphatic heterocycles. The number of para-hydroxylation sites is 1. The molecule has 0 atom stereocenters. The fourth-order valence-electron chi connectivity index (χ4n) is 7.20. The number of aromatic nitrogens is 3. The summed E-state index contributed by atoms with van der Waals surface area (Å²) in [6.45, 7) is 0. The SMILES string of the molecule is c1ccc(-c2ccc(-c3nc(-c4ccc(-c5ccccc5)cc4)nc(-c4cccc5c4oc4ccc6ccc7ccccc7c6c45)n3)cc2)cc1. The summed E-state index contributed by atoms with van der Waals surface area (Å²) in [6, 6.07) is 61.0. The van der Waals surface area contributed by atoms with E-state index in [0.29, 0.717) is 17.5 Å². The number of hydrogen-bond acceptors (Lipinski definition) is 4. The van der Waals surface area contributed by atoms with Crippen LogP contribution in [0.3, 0.4) is 0 Å². The van der Waals surface area contributed by atoms with Crippen molar-refractivity contribution in [2.24, 2.45) is 0 Å². The van der Waals surface area contributed by atoms with Crippen LogP contribution in [0.25, 0.3) is 99.9 Å². The van der Waals surface area contributed by atoms with Crippen LogP contribution in [0.2, 0.25) is 0 Å². The lowest BCUT2D eigenvalue weighted by Crippen LogP contribution is -2.00. The predicted molar refractivity (Wildman–Crippen MR) is 209 cm³/mol. The van der Waals surface area contributed by atoms with Crippen LogP contribution in [0.15, 0.2) is 180 Å². The van der Waals surface area contributed by atoms with Gasteiger partial charge < -0.3 is 4.42 Å². The van der Waals surface area contributed by atoms with Crippen molar-refractivity contribution in [3.05, 3.63) is 176 Å². The van der Waals surface area contributed by atoms with E-state index in [-0.39, 0.29) is 0 Å². The van der Waals surface area contributed by atoms with Crippen molar-refractivity contribution < 1.29 is 4.42 Å². The van der Waals surface area contributed by atoms with E-state index in [1.165, 1.54) is 21.5 Å². The molecule has 238 valence electrons. The maximum Gasteiger partial charge on any atom is 0.167 e. The first kappa shape index (κ1) is 29.0. The van der Waals surface area contributed by atoms with Crippen molar-refractivity contribution in [2.45, 2.75) is 0 Å². The van der Waals surface area contributed by atoms with Gasteiger partial charge in [0.15, 0.2) is 17.5 Å². The Morgan fingerprint density at radius 3 is 1.45 bits per heavy atom. The maximum absolute atomic E-state index is 6.72. The van der Waals surface area contributed by atoms with E-state index in [1.807, 2.05) is 18.2 Å². The molecular weight excluding hydrogens is 623 g/mol. The van der Waals surface area contributed by atoms with E-state index in [0.717, 1.165) is 60.9 Å². The molecule has 4 heteroatoms. The third-order valence-corrected chi connectivity index (χ3v) is 9.75. The average molecular weight is 652 g/mol. The normalized spacial score (nSPS) is 11.5. The molecule has 0 N–H and O–H groups in total. The molecule has 0 aliphatic carbocycles. The molecule has 0 fully saturated rings. The van der Waals surface area contributed by atoms with Gasteiger partial charge in [0.1, 0.15) is 11.2 Å². The van der Waals surface area contributed by atoms with Gasteiger partial charge in [-0.05, 0) is 50.5 Å². The van der Waals surface area contributed by atoms with E-state index in [1.54, 1.807) is 0 Å². The lowest BCUT2D eigenvalue weighted by molar-refractivity contribution is 0.670. The number of nitrogens with zero attached hydrogens (tertiary/aromatic N) is 3. The minimum Gasteiger partial charge on any atom is -0.455 e. The Morgan fingerprint density at radius 2 is 0.804 bits per heavy atom. The third kappa shape index (κ3) is 5.04. The highest BCUT2D eigenvalue weighted by Gasteiger charge is 2.20. The van der Waals surface area contributed by atoms with E-state index < -0.39 is 0 Å². The molecular formula is C47H29N3O. The Labute approximate surface area is 294 Å². The molecule has 0 spiro atoms. The van der Waals surface area contributed by atoms with Gasteiger partial charge in [0.25, 0.3) is 0 Å². The highest BCUT2D eigenvalue weighted by Crippen LogP contribution is 2.41. The Kier molecular flexibility index (Phi) is 6.78. The molecule has 2 aromatic heterocycles. The second kappa shape index (κ2) is 11.9. The van der Waals surface area contributed by atoms with Crippen molar-refractivity contribution in [2.75, 3.05) is 0 Å². The Bertz CT molecular complexity index is 2780. The van der Waals surface area contributed by atoms with Gasteiger partial charge in [0, 0.05) is 27.3 Å². The zero-order valence-electron chi connectivity index (χ0n) is 27.5. The molecule has 10 aromatic rings. The zero-order valence-corrected chi connectivity index (χ0v) is 27.5. The van der Waals surface area contributed by atoms with Gasteiger partial charge in [-0.3, -0.25) is 0 Å². The van der Waals surface area contributed by atoms with Crippen LogP contribution >= 0.6 is 0 Å². The number of fused-ring (bicyclic) bond motifs is 7. The first-order valence-electron chi connectivity index (χ1n) is 17.1. The van der Waals surface area contributed by atoms with Crippen LogP contribution in [0.5, 0.6) is 0 Å². The van der Waals surface area contributed by atoms with Crippen LogP contribution in [0.1, 0.15) is 0 Å². The summed E-state index contributed by atoms with van der Waals surface area (Å²) in [5.74, 6) is 1.77. The number of benzene rings is 8. The smallest absolute Gasteiger partial charge is 0.167 e. The molecule has 8 aromatic carbocycles.